The van der Waals surface area contributed by atoms with Gasteiger partial charge in [-0.2, -0.15) is 0 Å². The van der Waals surface area contributed by atoms with Crippen LogP contribution in [0.1, 0.15) is 12.8 Å². The first kappa shape index (κ1) is 11.9. The van der Waals surface area contributed by atoms with E-state index >= 15 is 0 Å². The molecular formula is C12H20N2O. The van der Waals surface area contributed by atoms with E-state index in [0.29, 0.717) is 5.92 Å². The number of nitrogens with two attached hydrogens (primary N) is 1. The van der Waals surface area contributed by atoms with Crippen LogP contribution in [0.2, 0.25) is 0 Å². The van der Waals surface area contributed by atoms with E-state index in [4.69, 9.17) is 10.5 Å². The zero-order valence-corrected chi connectivity index (χ0v) is 9.46. The lowest BCUT2D eigenvalue weighted by molar-refractivity contribution is 0.173. The van der Waals surface area contributed by atoms with Gasteiger partial charge in [-0.25, -0.2) is 0 Å². The van der Waals surface area contributed by atoms with Gasteiger partial charge in [-0.05, 0) is 25.9 Å². The van der Waals surface area contributed by atoms with Crippen molar-refractivity contribution in [2.45, 2.75) is 12.8 Å². The van der Waals surface area contributed by atoms with Gasteiger partial charge in [0.15, 0.2) is 5.76 Å². The third kappa shape index (κ3) is 3.46. The Bertz CT molecular complexity index is 271. The van der Waals surface area contributed by atoms with Gasteiger partial charge in [-0.1, -0.05) is 18.9 Å². The number of likely N-dealkylation sites (tertiary alicyclic amines) is 1. The minimum Gasteiger partial charge on any atom is -0.492 e. The number of allylic oxidation sites excluding steroid dienone is 1. The summed E-state index contributed by atoms with van der Waals surface area (Å²) < 4.78 is 5.14. The quantitative estimate of drug-likeness (QED) is 0.562. The van der Waals surface area contributed by atoms with Crippen LogP contribution in [-0.4, -0.2) is 31.6 Å². The van der Waals surface area contributed by atoms with Crippen molar-refractivity contribution in [2.24, 2.45) is 11.7 Å². The van der Waals surface area contributed by atoms with Gasteiger partial charge >= 0.3 is 0 Å². The van der Waals surface area contributed by atoms with E-state index in [-0.39, 0.29) is 0 Å². The van der Waals surface area contributed by atoms with Gasteiger partial charge < -0.3 is 10.5 Å². The number of methoxy groups -OCH3 is 1. The van der Waals surface area contributed by atoms with Crippen molar-refractivity contribution in [1.29, 1.82) is 0 Å². The Hall–Kier alpha value is -1.18. The van der Waals surface area contributed by atoms with E-state index in [1.807, 2.05) is 0 Å². The van der Waals surface area contributed by atoms with Crippen molar-refractivity contribution in [3.8, 4) is 0 Å². The normalized spacial score (nSPS) is 18.2. The molecule has 15 heavy (non-hydrogen) atoms. The van der Waals surface area contributed by atoms with Crippen LogP contribution in [-0.2, 0) is 4.74 Å². The van der Waals surface area contributed by atoms with Gasteiger partial charge in [0, 0.05) is 11.6 Å². The SMILES string of the molecule is C=C=C(CN1CCC(C(=C)N)CC1)OC. The van der Waals surface area contributed by atoms with Crippen LogP contribution in [0.15, 0.2) is 30.3 Å². The van der Waals surface area contributed by atoms with E-state index in [1.54, 1.807) is 7.11 Å². The topological polar surface area (TPSA) is 38.5 Å². The standard InChI is InChI=1S/C12H20N2O/c1-4-12(15-3)9-14-7-5-11(6-8-14)10(2)13/h11H,1-2,5-9,13H2,3H3. The van der Waals surface area contributed by atoms with Crippen molar-refractivity contribution >= 4 is 0 Å². The van der Waals surface area contributed by atoms with Crippen LogP contribution in [0.3, 0.4) is 0 Å². The lowest BCUT2D eigenvalue weighted by Gasteiger charge is -2.31. The van der Waals surface area contributed by atoms with Gasteiger partial charge in [0.25, 0.3) is 0 Å². The molecule has 0 spiro atoms. The molecule has 84 valence electrons. The highest BCUT2D eigenvalue weighted by Crippen LogP contribution is 2.21. The van der Waals surface area contributed by atoms with E-state index in [9.17, 15) is 0 Å². The van der Waals surface area contributed by atoms with Crippen molar-refractivity contribution in [3.63, 3.8) is 0 Å². The first-order valence-electron chi connectivity index (χ1n) is 5.27. The van der Waals surface area contributed by atoms with Gasteiger partial charge in [-0.15, -0.1) is 0 Å². The minimum absolute atomic E-state index is 0.486. The number of ether oxygens (including phenoxy) is 1. The summed E-state index contributed by atoms with van der Waals surface area (Å²) in [4.78, 5) is 2.33. The van der Waals surface area contributed by atoms with Crippen LogP contribution < -0.4 is 5.73 Å². The Morgan fingerprint density at radius 1 is 1.53 bits per heavy atom. The Morgan fingerprint density at radius 2 is 2.13 bits per heavy atom. The van der Waals surface area contributed by atoms with Crippen molar-refractivity contribution in [1.82, 2.24) is 4.90 Å². The fourth-order valence-electron chi connectivity index (χ4n) is 1.86. The number of piperidine rings is 1. The molecule has 3 heteroatoms. The fourth-order valence-corrected chi connectivity index (χ4v) is 1.86. The van der Waals surface area contributed by atoms with E-state index < -0.39 is 0 Å². The summed E-state index contributed by atoms with van der Waals surface area (Å²) in [5.74, 6) is 1.29. The molecule has 0 unspecified atom stereocenters. The molecule has 0 aromatic carbocycles. The van der Waals surface area contributed by atoms with Gasteiger partial charge in [-0.3, -0.25) is 4.90 Å². The minimum atomic E-state index is 0.486. The third-order valence-electron chi connectivity index (χ3n) is 2.92. The first-order valence-corrected chi connectivity index (χ1v) is 5.27. The van der Waals surface area contributed by atoms with Gasteiger partial charge in [0.2, 0.25) is 0 Å². The van der Waals surface area contributed by atoms with Crippen LogP contribution in [0.5, 0.6) is 0 Å². The molecule has 2 N–H and O–H groups in total. The molecular weight excluding hydrogens is 188 g/mol. The van der Waals surface area contributed by atoms with Crippen LogP contribution in [0, 0.1) is 5.92 Å². The molecule has 0 aromatic rings. The highest BCUT2D eigenvalue weighted by molar-refractivity contribution is 4.99. The molecule has 1 heterocycles. The number of rotatable bonds is 4. The molecule has 1 aliphatic heterocycles. The summed E-state index contributed by atoms with van der Waals surface area (Å²) in [6, 6.07) is 0. The zero-order chi connectivity index (χ0) is 11.3. The molecule has 0 saturated carbocycles. The van der Waals surface area contributed by atoms with Gasteiger partial charge in [0.1, 0.15) is 0 Å². The fraction of sp³-hybridized carbons (Fsp3) is 0.583. The molecule has 1 saturated heterocycles. The maximum atomic E-state index is 5.70. The van der Waals surface area contributed by atoms with Crippen LogP contribution in [0.4, 0.5) is 0 Å². The van der Waals surface area contributed by atoms with E-state index in [0.717, 1.165) is 43.9 Å². The third-order valence-corrected chi connectivity index (χ3v) is 2.92. The monoisotopic (exact) mass is 208 g/mol. The highest BCUT2D eigenvalue weighted by atomic mass is 16.5. The number of nitrogens with zero attached hydrogens (tertiary/aromatic N) is 1. The molecule has 0 bridgehead atoms. The highest BCUT2D eigenvalue weighted by Gasteiger charge is 2.20. The molecule has 0 aromatic heterocycles. The van der Waals surface area contributed by atoms with E-state index in [1.165, 1.54) is 0 Å². The Morgan fingerprint density at radius 3 is 2.53 bits per heavy atom. The second-order valence-electron chi connectivity index (χ2n) is 3.93. The predicted molar refractivity (Wildman–Crippen MR) is 62.2 cm³/mol. The second-order valence-corrected chi connectivity index (χ2v) is 3.93. The summed E-state index contributed by atoms with van der Waals surface area (Å²) in [5, 5.41) is 0. The molecule has 0 aliphatic carbocycles. The molecule has 1 aliphatic rings. The zero-order valence-electron chi connectivity index (χ0n) is 9.46. The maximum Gasteiger partial charge on any atom is 0.151 e. The Balaban J connectivity index is 2.38. The summed E-state index contributed by atoms with van der Waals surface area (Å²) >= 11 is 0. The summed E-state index contributed by atoms with van der Waals surface area (Å²) in [6.07, 6.45) is 2.17. The number of hydrogen-bond acceptors (Lipinski definition) is 3. The van der Waals surface area contributed by atoms with Crippen molar-refractivity contribution in [3.05, 3.63) is 30.3 Å². The van der Waals surface area contributed by atoms with Crippen molar-refractivity contribution < 1.29 is 4.74 Å². The first-order chi connectivity index (χ1) is 7.17. The smallest absolute Gasteiger partial charge is 0.151 e. The summed E-state index contributed by atoms with van der Waals surface area (Å²) in [6.45, 7) is 10.3. The maximum absolute atomic E-state index is 5.70. The molecule has 1 fully saturated rings. The average molecular weight is 208 g/mol. The molecule has 0 radical (unpaired) electrons. The Labute approximate surface area is 91.9 Å². The van der Waals surface area contributed by atoms with Gasteiger partial charge in [0.05, 0.1) is 13.7 Å². The van der Waals surface area contributed by atoms with Crippen molar-refractivity contribution in [2.75, 3.05) is 26.7 Å². The lowest BCUT2D eigenvalue weighted by Crippen LogP contribution is -2.36. The summed E-state index contributed by atoms with van der Waals surface area (Å²) in [5.41, 5.74) is 9.31. The molecule has 1 rings (SSSR count). The lowest BCUT2D eigenvalue weighted by atomic mass is 9.94. The Kier molecular flexibility index (Phi) is 4.47. The molecule has 0 atom stereocenters. The van der Waals surface area contributed by atoms with Crippen LogP contribution >= 0.6 is 0 Å². The predicted octanol–water partition coefficient (Wildman–Crippen LogP) is 1.49. The number of hydrogen-bond donors (Lipinski definition) is 1. The summed E-state index contributed by atoms with van der Waals surface area (Å²) in [7, 11) is 1.65. The largest absolute Gasteiger partial charge is 0.492 e. The molecule has 3 nitrogen and oxygen atoms in total. The van der Waals surface area contributed by atoms with E-state index in [2.05, 4.69) is 23.8 Å². The average Bonchev–Trinajstić information content (AvgIpc) is 2.26. The molecule has 0 amide bonds. The second kappa shape index (κ2) is 5.64. The van der Waals surface area contributed by atoms with Crippen LogP contribution in [0.25, 0.3) is 0 Å².